The summed E-state index contributed by atoms with van der Waals surface area (Å²) >= 11 is 6.29. The van der Waals surface area contributed by atoms with Gasteiger partial charge in [-0.25, -0.2) is 0 Å². The summed E-state index contributed by atoms with van der Waals surface area (Å²) in [6.45, 7) is 5.05. The van der Waals surface area contributed by atoms with Gasteiger partial charge < -0.3 is 24.2 Å². The van der Waals surface area contributed by atoms with Crippen LogP contribution in [0.5, 0.6) is 17.2 Å². The summed E-state index contributed by atoms with van der Waals surface area (Å²) in [6.07, 6.45) is 3.84. The zero-order chi connectivity index (χ0) is 25.5. The van der Waals surface area contributed by atoms with E-state index >= 15 is 0 Å². The summed E-state index contributed by atoms with van der Waals surface area (Å²) in [4.78, 5) is 27.6. The van der Waals surface area contributed by atoms with Crippen molar-refractivity contribution in [3.05, 3.63) is 58.1 Å². The van der Waals surface area contributed by atoms with Gasteiger partial charge in [0.05, 0.1) is 43.0 Å². The largest absolute Gasteiger partial charge is 0.507 e. The van der Waals surface area contributed by atoms with E-state index in [0.29, 0.717) is 36.6 Å². The normalized spacial score (nSPS) is 17.1. The highest BCUT2D eigenvalue weighted by molar-refractivity contribution is 6.46. The number of hydrogen-bond donors (Lipinski definition) is 1. The number of ketones is 1. The number of carbonyl (C=O) groups excluding carboxylic acids is 2. The topological polar surface area (TPSA) is 85.3 Å². The van der Waals surface area contributed by atoms with Gasteiger partial charge in [-0.15, -0.1) is 0 Å². The highest BCUT2D eigenvalue weighted by Gasteiger charge is 2.46. The fourth-order valence-corrected chi connectivity index (χ4v) is 4.42. The second-order valence-corrected chi connectivity index (χ2v) is 8.71. The van der Waals surface area contributed by atoms with Crippen LogP contribution in [0.1, 0.15) is 56.7 Å². The van der Waals surface area contributed by atoms with Gasteiger partial charge in [0.25, 0.3) is 11.7 Å². The second kappa shape index (κ2) is 12.0. The number of unbranched alkanes of at least 4 members (excludes halogenated alkanes) is 2. The monoisotopic (exact) mass is 501 g/mol. The van der Waals surface area contributed by atoms with Crippen molar-refractivity contribution in [1.29, 1.82) is 0 Å². The lowest BCUT2D eigenvalue weighted by Crippen LogP contribution is -2.30. The molecular formula is C27H32ClNO6. The van der Waals surface area contributed by atoms with Crippen LogP contribution in [0.2, 0.25) is 5.02 Å². The zero-order valence-corrected chi connectivity index (χ0v) is 21.4. The maximum absolute atomic E-state index is 13.1. The van der Waals surface area contributed by atoms with E-state index in [9.17, 15) is 14.7 Å². The molecule has 2 aromatic rings. The van der Waals surface area contributed by atoms with E-state index in [1.165, 1.54) is 31.3 Å². The van der Waals surface area contributed by atoms with Crippen molar-refractivity contribution in [2.24, 2.45) is 0 Å². The minimum absolute atomic E-state index is 0.0143. The fraction of sp³-hybridized carbons (Fsp3) is 0.407. The number of aliphatic hydroxyl groups is 1. The van der Waals surface area contributed by atoms with Crippen molar-refractivity contribution in [2.45, 2.75) is 45.6 Å². The standard InChI is InChI=1S/C27H32ClNO6/c1-5-7-8-14-35-18-11-9-17(10-12-18)24-23(26(31)27(32)29(24)13-6-2)25(30)19-15-20(28)22(34-4)16-21(19)33-3/h9-12,15-16,24,30H,5-8,13-14H2,1-4H3/b25-23+. The first-order valence-corrected chi connectivity index (χ1v) is 12.2. The van der Waals surface area contributed by atoms with Crippen LogP contribution in [0, 0.1) is 0 Å². The maximum atomic E-state index is 13.1. The van der Waals surface area contributed by atoms with Gasteiger partial charge >= 0.3 is 0 Å². The van der Waals surface area contributed by atoms with Gasteiger partial charge in [-0.2, -0.15) is 0 Å². The minimum atomic E-state index is -0.755. The van der Waals surface area contributed by atoms with Gasteiger partial charge in [-0.1, -0.05) is 50.4 Å². The van der Waals surface area contributed by atoms with Crippen molar-refractivity contribution < 1.29 is 28.9 Å². The summed E-state index contributed by atoms with van der Waals surface area (Å²) in [5.74, 6) is -0.432. The fourth-order valence-electron chi connectivity index (χ4n) is 4.18. The van der Waals surface area contributed by atoms with Gasteiger partial charge in [0.15, 0.2) is 0 Å². The number of halogens is 1. The molecule has 0 bridgehead atoms. The molecule has 1 unspecified atom stereocenters. The average Bonchev–Trinajstić information content (AvgIpc) is 3.11. The van der Waals surface area contributed by atoms with E-state index < -0.39 is 17.7 Å². The number of hydrogen-bond acceptors (Lipinski definition) is 6. The van der Waals surface area contributed by atoms with Crippen molar-refractivity contribution >= 4 is 29.1 Å². The molecule has 1 aliphatic rings. The summed E-state index contributed by atoms with van der Waals surface area (Å²) in [5.41, 5.74) is 0.881. The third kappa shape index (κ3) is 5.56. The van der Waals surface area contributed by atoms with E-state index in [-0.39, 0.29) is 27.7 Å². The Hall–Kier alpha value is -3.19. The molecule has 1 atom stereocenters. The first-order valence-electron chi connectivity index (χ1n) is 11.8. The molecule has 188 valence electrons. The quantitative estimate of drug-likeness (QED) is 0.182. The number of amides is 1. The van der Waals surface area contributed by atoms with Gasteiger partial charge in [0, 0.05) is 12.6 Å². The van der Waals surface area contributed by atoms with E-state index in [0.717, 1.165) is 19.3 Å². The van der Waals surface area contributed by atoms with E-state index in [1.807, 2.05) is 31.2 Å². The molecule has 0 aromatic heterocycles. The van der Waals surface area contributed by atoms with Gasteiger partial charge in [-0.05, 0) is 36.6 Å². The molecule has 2 aromatic carbocycles. The lowest BCUT2D eigenvalue weighted by Gasteiger charge is -2.25. The first kappa shape index (κ1) is 26.4. The van der Waals surface area contributed by atoms with Crippen LogP contribution in [0.3, 0.4) is 0 Å². The smallest absolute Gasteiger partial charge is 0.295 e. The van der Waals surface area contributed by atoms with E-state index in [1.54, 1.807) is 0 Å². The molecule has 1 heterocycles. The molecule has 3 rings (SSSR count). The lowest BCUT2D eigenvalue weighted by molar-refractivity contribution is -0.139. The molecule has 35 heavy (non-hydrogen) atoms. The van der Waals surface area contributed by atoms with E-state index in [4.69, 9.17) is 25.8 Å². The Morgan fingerprint density at radius 1 is 1.00 bits per heavy atom. The molecule has 0 saturated carbocycles. The van der Waals surface area contributed by atoms with Crippen molar-refractivity contribution in [3.8, 4) is 17.2 Å². The molecule has 8 heteroatoms. The predicted octanol–water partition coefficient (Wildman–Crippen LogP) is 5.76. The van der Waals surface area contributed by atoms with Crippen LogP contribution in [0.15, 0.2) is 42.0 Å². The second-order valence-electron chi connectivity index (χ2n) is 8.30. The third-order valence-corrected chi connectivity index (χ3v) is 6.24. The SMILES string of the molecule is CCCCCOc1ccc(C2/C(=C(\O)c3cc(Cl)c(OC)cc3OC)C(=O)C(=O)N2CCC)cc1. The number of Topliss-reactive ketones (excluding diaryl/α,β-unsaturated/α-hetero) is 1. The lowest BCUT2D eigenvalue weighted by atomic mass is 9.94. The highest BCUT2D eigenvalue weighted by atomic mass is 35.5. The van der Waals surface area contributed by atoms with Crippen LogP contribution >= 0.6 is 11.6 Å². The highest BCUT2D eigenvalue weighted by Crippen LogP contribution is 2.43. The van der Waals surface area contributed by atoms with Crippen LogP contribution < -0.4 is 14.2 Å². The van der Waals surface area contributed by atoms with Crippen LogP contribution in [-0.2, 0) is 9.59 Å². The molecule has 0 aliphatic carbocycles. The summed E-state index contributed by atoms with van der Waals surface area (Å²) < 4.78 is 16.4. The molecule has 1 aliphatic heterocycles. The number of ether oxygens (including phenoxy) is 3. The molecule has 1 N–H and O–H groups in total. The zero-order valence-electron chi connectivity index (χ0n) is 20.6. The van der Waals surface area contributed by atoms with Crippen molar-refractivity contribution in [3.63, 3.8) is 0 Å². The molecule has 7 nitrogen and oxygen atoms in total. The number of carbonyl (C=O) groups is 2. The first-order chi connectivity index (χ1) is 16.9. The number of methoxy groups -OCH3 is 2. The average molecular weight is 502 g/mol. The van der Waals surface area contributed by atoms with Crippen LogP contribution in [0.4, 0.5) is 0 Å². The maximum Gasteiger partial charge on any atom is 0.295 e. The predicted molar refractivity (Wildman–Crippen MR) is 135 cm³/mol. The van der Waals surface area contributed by atoms with Gasteiger partial charge in [0.2, 0.25) is 0 Å². The number of nitrogens with zero attached hydrogens (tertiary/aromatic N) is 1. The molecular weight excluding hydrogens is 470 g/mol. The Balaban J connectivity index is 2.07. The van der Waals surface area contributed by atoms with Crippen LogP contribution in [-0.4, -0.2) is 49.1 Å². The van der Waals surface area contributed by atoms with Crippen molar-refractivity contribution in [1.82, 2.24) is 4.90 Å². The molecule has 1 saturated heterocycles. The molecule has 0 spiro atoms. The van der Waals surface area contributed by atoms with Gasteiger partial charge in [0.1, 0.15) is 23.0 Å². The van der Waals surface area contributed by atoms with E-state index in [2.05, 4.69) is 6.92 Å². The number of rotatable bonds is 11. The van der Waals surface area contributed by atoms with Crippen molar-refractivity contribution in [2.75, 3.05) is 27.4 Å². The number of aliphatic hydroxyl groups excluding tert-OH is 1. The summed E-state index contributed by atoms with van der Waals surface area (Å²) in [5, 5.41) is 11.6. The Bertz CT molecular complexity index is 1100. The Kier molecular flexibility index (Phi) is 9.04. The number of benzene rings is 2. The number of likely N-dealkylation sites (tertiary alicyclic amines) is 1. The Morgan fingerprint density at radius 3 is 2.29 bits per heavy atom. The van der Waals surface area contributed by atoms with Gasteiger partial charge in [-0.3, -0.25) is 9.59 Å². The third-order valence-electron chi connectivity index (χ3n) is 5.95. The Labute approximate surface area is 211 Å². The van der Waals surface area contributed by atoms with Crippen LogP contribution in [0.25, 0.3) is 5.76 Å². The minimum Gasteiger partial charge on any atom is -0.507 e. The summed E-state index contributed by atoms with van der Waals surface area (Å²) in [6, 6.07) is 9.51. The molecule has 1 amide bonds. The molecule has 1 fully saturated rings. The molecule has 0 radical (unpaired) electrons. The Morgan fingerprint density at radius 2 is 1.69 bits per heavy atom. The summed E-state index contributed by atoms with van der Waals surface area (Å²) in [7, 11) is 2.90.